The van der Waals surface area contributed by atoms with E-state index < -0.39 is 27.4 Å². The van der Waals surface area contributed by atoms with Crippen LogP contribution >= 0.6 is 46.4 Å². The summed E-state index contributed by atoms with van der Waals surface area (Å²) in [5.74, 6) is -0.773. The molecule has 36 heavy (non-hydrogen) atoms. The van der Waals surface area contributed by atoms with Gasteiger partial charge < -0.3 is 0 Å². The fourth-order valence-corrected chi connectivity index (χ4v) is 4.93. The summed E-state index contributed by atoms with van der Waals surface area (Å²) in [4.78, 5) is 22.9. The normalized spacial score (nSPS) is 11.7. The summed E-state index contributed by atoms with van der Waals surface area (Å²) in [6, 6.07) is 13.8. The number of nitrogens with zero attached hydrogens (tertiary/aromatic N) is 3. The molecule has 0 unspecified atom stereocenters. The number of carbonyl (C=O) groups is 1. The summed E-state index contributed by atoms with van der Waals surface area (Å²) in [5, 5.41) is 15.7. The molecule has 3 aromatic rings. The van der Waals surface area contributed by atoms with Gasteiger partial charge in [0.25, 0.3) is 11.6 Å². The molecule has 0 bridgehead atoms. The topological polar surface area (TPSA) is 122 Å². The van der Waals surface area contributed by atoms with Gasteiger partial charge in [0.1, 0.15) is 0 Å². The van der Waals surface area contributed by atoms with Gasteiger partial charge in [-0.2, -0.15) is 9.41 Å². The van der Waals surface area contributed by atoms with Crippen LogP contribution in [0.15, 0.2) is 70.7 Å². The van der Waals surface area contributed by atoms with Crippen LogP contribution in [0.5, 0.6) is 0 Å². The lowest BCUT2D eigenvalue weighted by Crippen LogP contribution is -2.39. The smallest absolute Gasteiger partial charge is 0.270 e. The van der Waals surface area contributed by atoms with Gasteiger partial charge in [-0.25, -0.2) is 13.8 Å². The van der Waals surface area contributed by atoms with E-state index in [1.54, 1.807) is 6.07 Å². The summed E-state index contributed by atoms with van der Waals surface area (Å²) < 4.78 is 27.5. The van der Waals surface area contributed by atoms with Gasteiger partial charge in [-0.15, -0.1) is 0 Å². The molecule has 0 aliphatic heterocycles. The Kier molecular flexibility index (Phi) is 9.29. The Labute approximate surface area is 226 Å². The third kappa shape index (κ3) is 7.16. The Morgan fingerprint density at radius 3 is 2.28 bits per heavy atom. The predicted octanol–water partition coefficient (Wildman–Crippen LogP) is 5.55. The van der Waals surface area contributed by atoms with Crippen LogP contribution in [0.3, 0.4) is 0 Å². The van der Waals surface area contributed by atoms with E-state index in [4.69, 9.17) is 46.4 Å². The van der Waals surface area contributed by atoms with E-state index in [0.29, 0.717) is 15.6 Å². The molecule has 9 nitrogen and oxygen atoms in total. The first kappa shape index (κ1) is 27.9. The molecule has 3 rings (SSSR count). The quantitative estimate of drug-likeness (QED) is 0.199. The lowest BCUT2D eigenvalue weighted by atomic mass is 10.2. The van der Waals surface area contributed by atoms with Gasteiger partial charge in [-0.05, 0) is 48.0 Å². The van der Waals surface area contributed by atoms with Crippen molar-refractivity contribution in [2.45, 2.75) is 11.4 Å². The summed E-state index contributed by atoms with van der Waals surface area (Å²) in [6.45, 7) is -0.805. The highest BCUT2D eigenvalue weighted by Crippen LogP contribution is 2.26. The second-order valence-electron chi connectivity index (χ2n) is 7.23. The number of nitro groups is 1. The van der Waals surface area contributed by atoms with Crippen LogP contribution in [0.2, 0.25) is 20.1 Å². The van der Waals surface area contributed by atoms with Crippen molar-refractivity contribution >= 4 is 74.2 Å². The molecule has 1 N–H and O–H groups in total. The fraction of sp³-hybridized carbons (Fsp3) is 0.0909. The first-order valence-electron chi connectivity index (χ1n) is 9.93. The fourth-order valence-electron chi connectivity index (χ4n) is 2.94. The third-order valence-electron chi connectivity index (χ3n) is 4.70. The minimum atomic E-state index is -4.14. The highest BCUT2D eigenvalue weighted by Gasteiger charge is 2.27. The first-order chi connectivity index (χ1) is 17.0. The second-order valence-corrected chi connectivity index (χ2v) is 10.8. The van der Waals surface area contributed by atoms with E-state index in [1.165, 1.54) is 54.6 Å². The molecule has 0 saturated carbocycles. The number of halogens is 4. The number of hydrogen-bond donors (Lipinski definition) is 1. The molecule has 0 fully saturated rings. The molecule has 14 heteroatoms. The molecule has 0 aromatic heterocycles. The molecule has 0 atom stereocenters. The predicted molar refractivity (Wildman–Crippen MR) is 139 cm³/mol. The van der Waals surface area contributed by atoms with Gasteiger partial charge >= 0.3 is 0 Å². The molecule has 0 aliphatic carbocycles. The number of hydrogen-bond acceptors (Lipinski definition) is 6. The van der Waals surface area contributed by atoms with Gasteiger partial charge in [0, 0.05) is 34.3 Å². The van der Waals surface area contributed by atoms with Gasteiger partial charge in [0.2, 0.25) is 10.0 Å². The minimum absolute atomic E-state index is 0.0772. The third-order valence-corrected chi connectivity index (χ3v) is 7.84. The highest BCUT2D eigenvalue weighted by molar-refractivity contribution is 7.89. The van der Waals surface area contributed by atoms with Crippen LogP contribution in [-0.4, -0.2) is 36.3 Å². The summed E-state index contributed by atoms with van der Waals surface area (Å²) in [6.07, 6.45) is 1.12. The Balaban J connectivity index is 1.83. The molecule has 0 heterocycles. The summed E-state index contributed by atoms with van der Waals surface area (Å²) in [5.41, 5.74) is 2.67. The van der Waals surface area contributed by atoms with Crippen molar-refractivity contribution in [3.8, 4) is 0 Å². The van der Waals surface area contributed by atoms with E-state index in [-0.39, 0.29) is 32.7 Å². The first-order valence-corrected chi connectivity index (χ1v) is 12.9. The number of sulfonamides is 1. The molecular formula is C22H16Cl4N4O5S. The number of amides is 1. The molecule has 1 amide bonds. The zero-order valence-electron chi connectivity index (χ0n) is 18.1. The second kappa shape index (κ2) is 12.0. The van der Waals surface area contributed by atoms with Gasteiger partial charge in [0.15, 0.2) is 0 Å². The number of benzene rings is 3. The molecule has 3 aromatic carbocycles. The maximum atomic E-state index is 13.3. The van der Waals surface area contributed by atoms with E-state index in [9.17, 15) is 23.3 Å². The van der Waals surface area contributed by atoms with Gasteiger partial charge in [-0.1, -0.05) is 52.5 Å². The maximum absolute atomic E-state index is 13.3. The van der Waals surface area contributed by atoms with E-state index in [1.807, 2.05) is 0 Å². The molecular weight excluding hydrogens is 574 g/mol. The molecule has 0 aliphatic rings. The molecule has 0 spiro atoms. The van der Waals surface area contributed by atoms with Crippen molar-refractivity contribution in [2.75, 3.05) is 6.54 Å². The summed E-state index contributed by atoms with van der Waals surface area (Å²) in [7, 11) is -4.14. The SMILES string of the molecule is O=C(CN(Cc1ccc(Cl)c(Cl)c1)S(=O)(=O)c1ccc(Cl)cc1)N/N=C\c1cc([N+](=O)[O-])ccc1Cl. The Morgan fingerprint density at radius 1 is 0.972 bits per heavy atom. The molecule has 0 radical (unpaired) electrons. The van der Waals surface area contributed by atoms with Gasteiger partial charge in [-0.3, -0.25) is 14.9 Å². The lowest BCUT2D eigenvalue weighted by molar-refractivity contribution is -0.384. The largest absolute Gasteiger partial charge is 0.272 e. The van der Waals surface area contributed by atoms with Crippen molar-refractivity contribution in [3.63, 3.8) is 0 Å². The van der Waals surface area contributed by atoms with Crippen LogP contribution < -0.4 is 5.43 Å². The van der Waals surface area contributed by atoms with Crippen molar-refractivity contribution in [1.82, 2.24) is 9.73 Å². The number of non-ortho nitro benzene ring substituents is 1. The van der Waals surface area contributed by atoms with Crippen LogP contribution in [0.1, 0.15) is 11.1 Å². The standard InChI is InChI=1S/C22H16Cl4N4O5S/c23-16-2-5-18(6-3-16)36(34,35)29(12-14-1-7-20(25)21(26)9-14)13-22(31)28-27-11-15-10-17(30(32)33)4-8-19(15)24/h1-11H,12-13H2,(H,28,31)/b27-11-. The average molecular weight is 590 g/mol. The minimum Gasteiger partial charge on any atom is -0.272 e. The molecule has 0 saturated heterocycles. The van der Waals surface area contributed by atoms with Crippen LogP contribution in [-0.2, 0) is 21.4 Å². The van der Waals surface area contributed by atoms with Gasteiger partial charge in [0.05, 0.1) is 32.6 Å². The monoisotopic (exact) mass is 588 g/mol. The highest BCUT2D eigenvalue weighted by atomic mass is 35.5. The van der Waals surface area contributed by atoms with E-state index in [0.717, 1.165) is 10.5 Å². The summed E-state index contributed by atoms with van der Waals surface area (Å²) >= 11 is 23.9. The Morgan fingerprint density at radius 2 is 1.64 bits per heavy atom. The van der Waals surface area contributed by atoms with E-state index >= 15 is 0 Å². The Hall–Kier alpha value is -2.73. The van der Waals surface area contributed by atoms with Crippen molar-refractivity contribution in [3.05, 3.63) is 102 Å². The average Bonchev–Trinajstić information content (AvgIpc) is 2.82. The zero-order valence-corrected chi connectivity index (χ0v) is 21.9. The zero-order chi connectivity index (χ0) is 26.5. The number of hydrazone groups is 1. The number of carbonyl (C=O) groups excluding carboxylic acids is 1. The van der Waals surface area contributed by atoms with Crippen molar-refractivity contribution < 1.29 is 18.1 Å². The number of nitro benzene ring substituents is 1. The van der Waals surface area contributed by atoms with Crippen LogP contribution in [0, 0.1) is 10.1 Å². The molecule has 188 valence electrons. The lowest BCUT2D eigenvalue weighted by Gasteiger charge is -2.22. The number of rotatable bonds is 9. The van der Waals surface area contributed by atoms with E-state index in [2.05, 4.69) is 10.5 Å². The van der Waals surface area contributed by atoms with Crippen LogP contribution in [0.4, 0.5) is 5.69 Å². The number of nitrogens with one attached hydrogen (secondary N) is 1. The van der Waals surface area contributed by atoms with Crippen LogP contribution in [0.25, 0.3) is 0 Å². The van der Waals surface area contributed by atoms with Crippen molar-refractivity contribution in [1.29, 1.82) is 0 Å². The Bertz CT molecular complexity index is 1430. The van der Waals surface area contributed by atoms with Crippen molar-refractivity contribution in [2.24, 2.45) is 5.10 Å². The maximum Gasteiger partial charge on any atom is 0.270 e.